The molecule has 4 N–H and O–H groups in total. The maximum absolute atomic E-state index is 12.8. The van der Waals surface area contributed by atoms with Crippen LogP contribution < -0.4 is 5.30 Å². The number of aromatic hydroxyl groups is 2. The third-order valence-electron chi connectivity index (χ3n) is 3.58. The van der Waals surface area contributed by atoms with Crippen LogP contribution in [0.1, 0.15) is 35.2 Å². The van der Waals surface area contributed by atoms with Crippen LogP contribution in [-0.4, -0.2) is 25.8 Å². The molecule has 0 aliphatic heterocycles. The van der Waals surface area contributed by atoms with Crippen molar-refractivity contribution >= 4 is 18.7 Å². The molecule has 0 amide bonds. The zero-order chi connectivity index (χ0) is 17.2. The monoisotopic (exact) mass is 336 g/mol. The van der Waals surface area contributed by atoms with Gasteiger partial charge in [0.2, 0.25) is 0 Å². The maximum Gasteiger partial charge on any atom is 0.356 e. The van der Waals surface area contributed by atoms with Gasteiger partial charge >= 0.3 is 7.60 Å². The maximum atomic E-state index is 12.8. The van der Waals surface area contributed by atoms with E-state index in [0.29, 0.717) is 12.0 Å². The van der Waals surface area contributed by atoms with Crippen LogP contribution in [0, 0.1) is 0 Å². The molecule has 0 heterocycles. The number of carbonyl (C=O) groups excluding carboxylic acids is 1. The first-order valence-electron chi connectivity index (χ1n) is 6.96. The summed E-state index contributed by atoms with van der Waals surface area (Å²) in [4.78, 5) is 31.6. The molecule has 2 aromatic rings. The van der Waals surface area contributed by atoms with Crippen molar-refractivity contribution in [3.8, 4) is 11.5 Å². The SMILES string of the molecule is CCC(C(=O)c1cc(O)ccc1P(=O)(O)O)c1ccc(O)cc1. The van der Waals surface area contributed by atoms with E-state index in [9.17, 15) is 29.4 Å². The quantitative estimate of drug-likeness (QED) is 0.492. The lowest BCUT2D eigenvalue weighted by Gasteiger charge is -2.17. The van der Waals surface area contributed by atoms with E-state index in [2.05, 4.69) is 0 Å². The van der Waals surface area contributed by atoms with Crippen molar-refractivity contribution in [1.29, 1.82) is 0 Å². The van der Waals surface area contributed by atoms with Gasteiger partial charge in [-0.05, 0) is 42.3 Å². The predicted octanol–water partition coefficient (Wildman–Crippen LogP) is 2.28. The van der Waals surface area contributed by atoms with Crippen LogP contribution in [0.3, 0.4) is 0 Å². The average molecular weight is 336 g/mol. The molecule has 0 aromatic heterocycles. The number of phenols is 2. The van der Waals surface area contributed by atoms with Gasteiger partial charge in [-0.3, -0.25) is 9.36 Å². The number of benzene rings is 2. The number of phenolic OH excluding ortho intramolecular Hbond substituents is 2. The highest BCUT2D eigenvalue weighted by Gasteiger charge is 2.29. The summed E-state index contributed by atoms with van der Waals surface area (Å²) in [5, 5.41) is 18.5. The van der Waals surface area contributed by atoms with Crippen LogP contribution in [0.25, 0.3) is 0 Å². The molecule has 0 aliphatic rings. The number of hydrogen-bond donors (Lipinski definition) is 4. The summed E-state index contributed by atoms with van der Waals surface area (Å²) in [7, 11) is -4.65. The number of carbonyl (C=O) groups is 1. The van der Waals surface area contributed by atoms with Crippen LogP contribution in [0.15, 0.2) is 42.5 Å². The minimum Gasteiger partial charge on any atom is -0.508 e. The lowest BCUT2D eigenvalue weighted by molar-refractivity contribution is 0.0957. The number of rotatable bonds is 5. The van der Waals surface area contributed by atoms with E-state index < -0.39 is 24.6 Å². The highest BCUT2D eigenvalue weighted by atomic mass is 31.2. The van der Waals surface area contributed by atoms with E-state index >= 15 is 0 Å². The second-order valence-corrected chi connectivity index (χ2v) is 6.73. The molecule has 0 radical (unpaired) electrons. The van der Waals surface area contributed by atoms with Crippen molar-refractivity contribution in [2.24, 2.45) is 0 Å². The molecule has 1 unspecified atom stereocenters. The third-order valence-corrected chi connectivity index (χ3v) is 4.60. The number of Topliss-reactive ketones (excluding diaryl/α,β-unsaturated/α-hetero) is 1. The molecule has 122 valence electrons. The van der Waals surface area contributed by atoms with Gasteiger partial charge < -0.3 is 20.0 Å². The van der Waals surface area contributed by atoms with Crippen molar-refractivity contribution in [3.63, 3.8) is 0 Å². The summed E-state index contributed by atoms with van der Waals surface area (Å²) < 4.78 is 11.6. The Morgan fingerprint density at radius 2 is 1.61 bits per heavy atom. The van der Waals surface area contributed by atoms with Crippen molar-refractivity contribution < 1.29 is 29.4 Å². The van der Waals surface area contributed by atoms with E-state index in [1.165, 1.54) is 12.1 Å². The van der Waals surface area contributed by atoms with E-state index in [1.807, 2.05) is 0 Å². The van der Waals surface area contributed by atoms with Crippen LogP contribution in [0.4, 0.5) is 0 Å². The van der Waals surface area contributed by atoms with Gasteiger partial charge in [0.1, 0.15) is 11.5 Å². The number of hydrogen-bond acceptors (Lipinski definition) is 4. The molecule has 23 heavy (non-hydrogen) atoms. The van der Waals surface area contributed by atoms with Gasteiger partial charge in [-0.25, -0.2) is 0 Å². The molecule has 0 saturated carbocycles. The van der Waals surface area contributed by atoms with Crippen molar-refractivity contribution in [1.82, 2.24) is 0 Å². The van der Waals surface area contributed by atoms with Crippen molar-refractivity contribution in [2.45, 2.75) is 19.3 Å². The second-order valence-electron chi connectivity index (χ2n) is 5.16. The Kier molecular flexibility index (Phi) is 4.90. The largest absolute Gasteiger partial charge is 0.508 e. The third kappa shape index (κ3) is 3.79. The normalized spacial score (nSPS) is 12.8. The smallest absolute Gasteiger partial charge is 0.356 e. The van der Waals surface area contributed by atoms with Crippen LogP contribution in [-0.2, 0) is 4.57 Å². The fraction of sp³-hybridized carbons (Fsp3) is 0.188. The topological polar surface area (TPSA) is 115 Å². The predicted molar refractivity (Wildman–Crippen MR) is 85.3 cm³/mol. The first-order valence-corrected chi connectivity index (χ1v) is 8.57. The Balaban J connectivity index is 2.52. The summed E-state index contributed by atoms with van der Waals surface area (Å²) in [6, 6.07) is 9.32. The summed E-state index contributed by atoms with van der Waals surface area (Å²) in [6.07, 6.45) is 0.403. The molecule has 0 aliphatic carbocycles. The zero-order valence-electron chi connectivity index (χ0n) is 12.4. The Labute approximate surface area is 133 Å². The van der Waals surface area contributed by atoms with Gasteiger partial charge in [0.15, 0.2) is 5.78 Å². The molecule has 0 fully saturated rings. The van der Waals surface area contributed by atoms with Gasteiger partial charge in [0.05, 0.1) is 5.30 Å². The molecule has 0 bridgehead atoms. The first kappa shape index (κ1) is 17.2. The van der Waals surface area contributed by atoms with Gasteiger partial charge in [-0.1, -0.05) is 19.1 Å². The highest BCUT2D eigenvalue weighted by Crippen LogP contribution is 2.37. The lowest BCUT2D eigenvalue weighted by Crippen LogP contribution is -2.21. The molecule has 6 nitrogen and oxygen atoms in total. The van der Waals surface area contributed by atoms with Crippen molar-refractivity contribution in [3.05, 3.63) is 53.6 Å². The summed E-state index contributed by atoms with van der Waals surface area (Å²) in [6.45, 7) is 1.77. The zero-order valence-corrected chi connectivity index (χ0v) is 13.3. The van der Waals surface area contributed by atoms with Gasteiger partial charge in [0, 0.05) is 11.5 Å². The van der Waals surface area contributed by atoms with Crippen molar-refractivity contribution in [2.75, 3.05) is 0 Å². The van der Waals surface area contributed by atoms with Gasteiger partial charge in [0.25, 0.3) is 0 Å². The van der Waals surface area contributed by atoms with Gasteiger partial charge in [-0.2, -0.15) is 0 Å². The van der Waals surface area contributed by atoms with E-state index in [-0.39, 0.29) is 17.1 Å². The highest BCUT2D eigenvalue weighted by molar-refractivity contribution is 7.60. The molecule has 2 rings (SSSR count). The van der Waals surface area contributed by atoms with Gasteiger partial charge in [-0.15, -0.1) is 0 Å². The second kappa shape index (κ2) is 6.54. The number of ketones is 1. The van der Waals surface area contributed by atoms with E-state index in [1.54, 1.807) is 19.1 Å². The Morgan fingerprint density at radius 3 is 2.13 bits per heavy atom. The fourth-order valence-corrected chi connectivity index (χ4v) is 3.20. The van der Waals surface area contributed by atoms with Crippen LogP contribution in [0.5, 0.6) is 11.5 Å². The fourth-order valence-electron chi connectivity index (χ4n) is 2.44. The minimum absolute atomic E-state index is 0.0596. The average Bonchev–Trinajstić information content (AvgIpc) is 2.48. The molecule has 1 atom stereocenters. The van der Waals surface area contributed by atoms with E-state index in [0.717, 1.165) is 18.2 Å². The molecular weight excluding hydrogens is 319 g/mol. The summed E-state index contributed by atoms with van der Waals surface area (Å²) in [5.41, 5.74) is 0.425. The van der Waals surface area contributed by atoms with E-state index in [4.69, 9.17) is 0 Å². The molecular formula is C16H17O6P. The lowest BCUT2D eigenvalue weighted by atomic mass is 9.88. The Morgan fingerprint density at radius 1 is 1.04 bits per heavy atom. The molecule has 0 saturated heterocycles. The van der Waals surface area contributed by atoms with Crippen LogP contribution >= 0.6 is 7.60 Å². The first-order chi connectivity index (χ1) is 10.7. The minimum atomic E-state index is -4.65. The summed E-state index contributed by atoms with van der Waals surface area (Å²) >= 11 is 0. The Hall–Kier alpha value is -2.14. The standard InChI is InChI=1S/C16H17O6P/c1-2-13(10-3-5-11(17)6-4-10)16(19)14-9-12(18)7-8-15(14)23(20,21)22/h3-9,13,17-18H,2H2,1H3,(H2,20,21,22). The molecule has 0 spiro atoms. The summed E-state index contributed by atoms with van der Waals surface area (Å²) in [5.74, 6) is -1.31. The molecule has 2 aromatic carbocycles. The molecule has 7 heteroatoms. The Bertz CT molecular complexity index is 763. The van der Waals surface area contributed by atoms with Crippen LogP contribution in [0.2, 0.25) is 0 Å².